The molecular weight excluding hydrogens is 208 g/mol. The molecule has 15 heavy (non-hydrogen) atoms. The average molecular weight is 225 g/mol. The van der Waals surface area contributed by atoms with Crippen LogP contribution in [0.15, 0.2) is 18.3 Å². The van der Waals surface area contributed by atoms with Gasteiger partial charge in [0.15, 0.2) is 0 Å². The number of halogens is 1. The zero-order chi connectivity index (χ0) is 10.7. The summed E-state index contributed by atoms with van der Waals surface area (Å²) in [5.74, 6) is 0.737. The molecule has 0 amide bonds. The zero-order valence-electron chi connectivity index (χ0n) is 9.04. The van der Waals surface area contributed by atoms with Gasteiger partial charge >= 0.3 is 0 Å². The molecule has 1 aromatic heterocycles. The van der Waals surface area contributed by atoms with Crippen LogP contribution >= 0.6 is 11.6 Å². The molecule has 1 N–H and O–H groups in total. The predicted molar refractivity (Wildman–Crippen MR) is 64.4 cm³/mol. The molecular formula is C12H17ClN2. The number of pyridine rings is 1. The van der Waals surface area contributed by atoms with E-state index >= 15 is 0 Å². The summed E-state index contributed by atoms with van der Waals surface area (Å²) in [7, 11) is 0. The Balaban J connectivity index is 1.83. The smallest absolute Gasteiger partial charge is 0.0393 e. The molecule has 2 unspecified atom stereocenters. The van der Waals surface area contributed by atoms with E-state index in [4.69, 9.17) is 11.6 Å². The van der Waals surface area contributed by atoms with E-state index in [0.29, 0.717) is 5.38 Å². The van der Waals surface area contributed by atoms with Crippen molar-refractivity contribution in [1.82, 2.24) is 4.98 Å². The van der Waals surface area contributed by atoms with Crippen LogP contribution in [0.1, 0.15) is 25.0 Å². The second kappa shape index (κ2) is 4.84. The first kappa shape index (κ1) is 10.7. The minimum Gasteiger partial charge on any atom is -0.385 e. The molecule has 1 aliphatic carbocycles. The third kappa shape index (κ3) is 3.10. The zero-order valence-corrected chi connectivity index (χ0v) is 9.80. The van der Waals surface area contributed by atoms with Crippen LogP contribution in [0.2, 0.25) is 0 Å². The van der Waals surface area contributed by atoms with Crippen LogP contribution in [0.4, 0.5) is 5.69 Å². The fourth-order valence-corrected chi connectivity index (χ4v) is 2.50. The Hall–Kier alpha value is -0.760. The van der Waals surface area contributed by atoms with Gasteiger partial charge in [-0.15, -0.1) is 11.6 Å². The topological polar surface area (TPSA) is 24.9 Å². The van der Waals surface area contributed by atoms with Crippen molar-refractivity contribution in [3.05, 3.63) is 24.0 Å². The summed E-state index contributed by atoms with van der Waals surface area (Å²) in [4.78, 5) is 4.17. The Kier molecular flexibility index (Phi) is 3.47. The first-order valence-electron chi connectivity index (χ1n) is 5.54. The maximum Gasteiger partial charge on any atom is 0.0393 e. The molecule has 0 aromatic carbocycles. The van der Waals surface area contributed by atoms with Gasteiger partial charge in [-0.25, -0.2) is 0 Å². The Bertz CT molecular complexity index is 327. The summed E-state index contributed by atoms with van der Waals surface area (Å²) in [6.45, 7) is 3.04. The van der Waals surface area contributed by atoms with Crippen LogP contribution < -0.4 is 5.32 Å². The lowest BCUT2D eigenvalue weighted by Gasteiger charge is -2.12. The number of nitrogens with one attached hydrogen (secondary N) is 1. The van der Waals surface area contributed by atoms with Crippen molar-refractivity contribution in [3.8, 4) is 0 Å². The molecule has 1 heterocycles. The predicted octanol–water partition coefficient (Wildman–Crippen LogP) is 3.21. The molecule has 0 bridgehead atoms. The number of aromatic nitrogens is 1. The molecule has 1 fully saturated rings. The van der Waals surface area contributed by atoms with Crippen molar-refractivity contribution >= 4 is 17.3 Å². The van der Waals surface area contributed by atoms with Gasteiger partial charge < -0.3 is 5.32 Å². The van der Waals surface area contributed by atoms with Crippen LogP contribution in [0.3, 0.4) is 0 Å². The van der Waals surface area contributed by atoms with Crippen molar-refractivity contribution in [2.45, 2.75) is 31.6 Å². The number of hydrogen-bond donors (Lipinski definition) is 1. The quantitative estimate of drug-likeness (QED) is 0.798. The highest BCUT2D eigenvalue weighted by atomic mass is 35.5. The summed E-state index contributed by atoms with van der Waals surface area (Å²) in [6, 6.07) is 4.09. The van der Waals surface area contributed by atoms with E-state index in [9.17, 15) is 0 Å². The molecule has 0 radical (unpaired) electrons. The van der Waals surface area contributed by atoms with Gasteiger partial charge in [-0.1, -0.05) is 0 Å². The van der Waals surface area contributed by atoms with Gasteiger partial charge in [-0.3, -0.25) is 4.98 Å². The van der Waals surface area contributed by atoms with E-state index in [0.717, 1.165) is 24.6 Å². The molecule has 2 atom stereocenters. The fraction of sp³-hybridized carbons (Fsp3) is 0.583. The van der Waals surface area contributed by atoms with Crippen molar-refractivity contribution < 1.29 is 0 Å². The summed E-state index contributed by atoms with van der Waals surface area (Å²) < 4.78 is 0. The van der Waals surface area contributed by atoms with Crippen LogP contribution in [0.25, 0.3) is 0 Å². The van der Waals surface area contributed by atoms with Gasteiger partial charge in [0, 0.05) is 29.5 Å². The van der Waals surface area contributed by atoms with E-state index in [2.05, 4.69) is 16.4 Å². The Morgan fingerprint density at radius 1 is 1.53 bits per heavy atom. The number of hydrogen-bond acceptors (Lipinski definition) is 2. The number of nitrogens with zero attached hydrogens (tertiary/aromatic N) is 1. The monoisotopic (exact) mass is 224 g/mol. The lowest BCUT2D eigenvalue weighted by atomic mass is 10.1. The molecule has 0 aliphatic heterocycles. The summed E-state index contributed by atoms with van der Waals surface area (Å²) in [6.07, 6.45) is 5.42. The van der Waals surface area contributed by atoms with E-state index in [-0.39, 0.29) is 0 Å². The Morgan fingerprint density at radius 3 is 3.07 bits per heavy atom. The van der Waals surface area contributed by atoms with Crippen LogP contribution in [0, 0.1) is 12.8 Å². The maximum absolute atomic E-state index is 6.08. The fourth-order valence-electron chi connectivity index (χ4n) is 2.12. The SMILES string of the molecule is Cc1cc(NCC2CCC(Cl)C2)ccn1. The van der Waals surface area contributed by atoms with Crippen molar-refractivity contribution in [2.24, 2.45) is 5.92 Å². The molecule has 82 valence electrons. The van der Waals surface area contributed by atoms with E-state index in [1.54, 1.807) is 0 Å². The second-order valence-corrected chi connectivity index (χ2v) is 4.96. The highest BCUT2D eigenvalue weighted by Crippen LogP contribution is 2.29. The van der Waals surface area contributed by atoms with Crippen molar-refractivity contribution in [1.29, 1.82) is 0 Å². The van der Waals surface area contributed by atoms with Crippen molar-refractivity contribution in [3.63, 3.8) is 0 Å². The Morgan fingerprint density at radius 2 is 2.40 bits per heavy atom. The molecule has 1 saturated carbocycles. The van der Waals surface area contributed by atoms with Gasteiger partial charge in [0.1, 0.15) is 0 Å². The number of alkyl halides is 1. The average Bonchev–Trinajstić information content (AvgIpc) is 2.62. The van der Waals surface area contributed by atoms with Gasteiger partial charge in [-0.05, 0) is 44.2 Å². The molecule has 2 rings (SSSR count). The molecule has 3 heteroatoms. The largest absolute Gasteiger partial charge is 0.385 e. The molecule has 1 aromatic rings. The standard InChI is InChI=1S/C12H17ClN2/c1-9-6-12(4-5-14-9)15-8-10-2-3-11(13)7-10/h4-6,10-11H,2-3,7-8H2,1H3,(H,14,15). The normalized spacial score (nSPS) is 25.5. The van der Waals surface area contributed by atoms with E-state index in [1.165, 1.54) is 18.5 Å². The molecule has 0 saturated heterocycles. The molecule has 0 spiro atoms. The summed E-state index contributed by atoms with van der Waals surface area (Å²) in [5.41, 5.74) is 2.22. The van der Waals surface area contributed by atoms with Gasteiger partial charge in [0.05, 0.1) is 0 Å². The van der Waals surface area contributed by atoms with Gasteiger partial charge in [0.2, 0.25) is 0 Å². The molecule has 1 aliphatic rings. The minimum absolute atomic E-state index is 0.399. The summed E-state index contributed by atoms with van der Waals surface area (Å²) >= 11 is 6.08. The van der Waals surface area contributed by atoms with Crippen LogP contribution in [-0.2, 0) is 0 Å². The highest BCUT2D eigenvalue weighted by molar-refractivity contribution is 6.20. The van der Waals surface area contributed by atoms with E-state index < -0.39 is 0 Å². The van der Waals surface area contributed by atoms with Crippen LogP contribution in [0.5, 0.6) is 0 Å². The Labute approximate surface area is 96.1 Å². The lowest BCUT2D eigenvalue weighted by molar-refractivity contribution is 0.580. The minimum atomic E-state index is 0.399. The van der Waals surface area contributed by atoms with Gasteiger partial charge in [-0.2, -0.15) is 0 Å². The number of anilines is 1. The number of aryl methyl sites for hydroxylation is 1. The third-order valence-electron chi connectivity index (χ3n) is 2.97. The molecule has 2 nitrogen and oxygen atoms in total. The van der Waals surface area contributed by atoms with E-state index in [1.807, 2.05) is 19.2 Å². The summed E-state index contributed by atoms with van der Waals surface area (Å²) in [5, 5.41) is 3.85. The first-order valence-corrected chi connectivity index (χ1v) is 5.98. The van der Waals surface area contributed by atoms with Gasteiger partial charge in [0.25, 0.3) is 0 Å². The van der Waals surface area contributed by atoms with Crippen LogP contribution in [-0.4, -0.2) is 16.9 Å². The first-order chi connectivity index (χ1) is 7.24. The van der Waals surface area contributed by atoms with Crippen molar-refractivity contribution in [2.75, 3.05) is 11.9 Å². The third-order valence-corrected chi connectivity index (χ3v) is 3.37. The number of rotatable bonds is 3. The lowest BCUT2D eigenvalue weighted by Crippen LogP contribution is -2.11. The second-order valence-electron chi connectivity index (χ2n) is 4.34. The maximum atomic E-state index is 6.08. The highest BCUT2D eigenvalue weighted by Gasteiger charge is 2.22.